The molecule has 0 fully saturated rings. The highest BCUT2D eigenvalue weighted by Gasteiger charge is 2.11. The van der Waals surface area contributed by atoms with E-state index in [9.17, 15) is 4.79 Å². The van der Waals surface area contributed by atoms with Crippen molar-refractivity contribution in [1.29, 1.82) is 0 Å². The molecule has 1 amide bonds. The molecule has 1 aromatic carbocycles. The molecule has 1 atom stereocenters. The van der Waals surface area contributed by atoms with Crippen LogP contribution in [-0.4, -0.2) is 28.2 Å². The molecule has 4 heteroatoms. The average Bonchev–Trinajstić information content (AvgIpc) is 2.73. The zero-order valence-electron chi connectivity index (χ0n) is 12.1. The summed E-state index contributed by atoms with van der Waals surface area (Å²) in [5, 5.41) is 12.9. The third kappa shape index (κ3) is 3.39. The molecule has 0 spiro atoms. The van der Waals surface area contributed by atoms with Crippen LogP contribution in [0.3, 0.4) is 0 Å². The van der Waals surface area contributed by atoms with E-state index < -0.39 is 0 Å². The number of hydrogen-bond donors (Lipinski definition) is 2. The Morgan fingerprint density at radius 1 is 1.40 bits per heavy atom. The molecule has 0 saturated carbocycles. The number of fused-ring (bicyclic) bond motifs is 1. The van der Waals surface area contributed by atoms with E-state index >= 15 is 0 Å². The lowest BCUT2D eigenvalue weighted by Crippen LogP contribution is -2.35. The Labute approximate surface area is 119 Å². The number of carbonyl (C=O) groups is 1. The molecule has 0 aliphatic carbocycles. The SMILES string of the molecule is Cc1cc2ccccc2n1CC(=O)NC(C)CCCO. The number of amides is 1. The average molecular weight is 274 g/mol. The molecule has 108 valence electrons. The quantitative estimate of drug-likeness (QED) is 0.848. The Kier molecular flexibility index (Phi) is 4.79. The van der Waals surface area contributed by atoms with Crippen LogP contribution in [0.2, 0.25) is 0 Å². The maximum absolute atomic E-state index is 12.1. The minimum atomic E-state index is 0.0138. The summed E-state index contributed by atoms with van der Waals surface area (Å²) in [6.07, 6.45) is 1.51. The highest BCUT2D eigenvalue weighted by Crippen LogP contribution is 2.18. The molecule has 0 radical (unpaired) electrons. The van der Waals surface area contributed by atoms with Crippen LogP contribution in [0, 0.1) is 6.92 Å². The molecular formula is C16H22N2O2. The highest BCUT2D eigenvalue weighted by molar-refractivity contribution is 5.84. The van der Waals surface area contributed by atoms with Crippen molar-refractivity contribution in [1.82, 2.24) is 9.88 Å². The molecule has 2 N–H and O–H groups in total. The van der Waals surface area contributed by atoms with Crippen molar-refractivity contribution in [3.8, 4) is 0 Å². The van der Waals surface area contributed by atoms with Gasteiger partial charge in [-0.1, -0.05) is 18.2 Å². The second-order valence-corrected chi connectivity index (χ2v) is 5.27. The van der Waals surface area contributed by atoms with Crippen LogP contribution >= 0.6 is 0 Å². The Morgan fingerprint density at radius 3 is 2.90 bits per heavy atom. The first-order chi connectivity index (χ1) is 9.61. The van der Waals surface area contributed by atoms with Crippen molar-refractivity contribution < 1.29 is 9.90 Å². The van der Waals surface area contributed by atoms with Gasteiger partial charge in [-0.15, -0.1) is 0 Å². The Balaban J connectivity index is 2.04. The summed E-state index contributed by atoms with van der Waals surface area (Å²) < 4.78 is 2.03. The van der Waals surface area contributed by atoms with Crippen molar-refractivity contribution >= 4 is 16.8 Å². The second kappa shape index (κ2) is 6.57. The fourth-order valence-corrected chi connectivity index (χ4v) is 2.49. The smallest absolute Gasteiger partial charge is 0.240 e. The molecule has 0 aliphatic heterocycles. The van der Waals surface area contributed by atoms with Crippen LogP contribution in [0.15, 0.2) is 30.3 Å². The van der Waals surface area contributed by atoms with Crippen molar-refractivity contribution in [3.05, 3.63) is 36.0 Å². The lowest BCUT2D eigenvalue weighted by atomic mass is 10.2. The van der Waals surface area contributed by atoms with Crippen LogP contribution in [0.25, 0.3) is 10.9 Å². The minimum Gasteiger partial charge on any atom is -0.396 e. The third-order valence-electron chi connectivity index (χ3n) is 3.52. The monoisotopic (exact) mass is 274 g/mol. The Hall–Kier alpha value is -1.81. The molecule has 2 rings (SSSR count). The van der Waals surface area contributed by atoms with Crippen molar-refractivity contribution in [3.63, 3.8) is 0 Å². The van der Waals surface area contributed by atoms with E-state index in [1.807, 2.05) is 36.6 Å². The van der Waals surface area contributed by atoms with Gasteiger partial charge in [-0.3, -0.25) is 4.79 Å². The second-order valence-electron chi connectivity index (χ2n) is 5.27. The first-order valence-electron chi connectivity index (χ1n) is 7.07. The number of carbonyl (C=O) groups excluding carboxylic acids is 1. The zero-order chi connectivity index (χ0) is 14.5. The number of para-hydroxylation sites is 1. The van der Waals surface area contributed by atoms with Crippen molar-refractivity contribution in [2.75, 3.05) is 6.61 Å². The van der Waals surface area contributed by atoms with Crippen LogP contribution in [0.5, 0.6) is 0 Å². The number of nitrogens with zero attached hydrogens (tertiary/aromatic N) is 1. The van der Waals surface area contributed by atoms with Gasteiger partial charge in [0.15, 0.2) is 0 Å². The molecule has 4 nitrogen and oxygen atoms in total. The summed E-state index contributed by atoms with van der Waals surface area (Å²) in [5.41, 5.74) is 2.17. The van der Waals surface area contributed by atoms with Crippen molar-refractivity contribution in [2.45, 2.75) is 39.3 Å². The first-order valence-corrected chi connectivity index (χ1v) is 7.07. The number of aromatic nitrogens is 1. The molecule has 1 heterocycles. The summed E-state index contributed by atoms with van der Waals surface area (Å²) in [4.78, 5) is 12.1. The van der Waals surface area contributed by atoms with Gasteiger partial charge in [-0.2, -0.15) is 0 Å². The maximum atomic E-state index is 12.1. The third-order valence-corrected chi connectivity index (χ3v) is 3.52. The maximum Gasteiger partial charge on any atom is 0.240 e. The van der Waals surface area contributed by atoms with E-state index in [-0.39, 0.29) is 18.6 Å². The van der Waals surface area contributed by atoms with E-state index in [0.717, 1.165) is 23.0 Å². The van der Waals surface area contributed by atoms with E-state index in [0.29, 0.717) is 13.0 Å². The van der Waals surface area contributed by atoms with Gasteiger partial charge >= 0.3 is 0 Å². The summed E-state index contributed by atoms with van der Waals surface area (Å²) in [6, 6.07) is 10.3. The number of aryl methyl sites for hydroxylation is 1. The summed E-state index contributed by atoms with van der Waals surface area (Å²) in [6.45, 7) is 4.49. The number of nitrogens with one attached hydrogen (secondary N) is 1. The fourth-order valence-electron chi connectivity index (χ4n) is 2.49. The number of benzene rings is 1. The van der Waals surface area contributed by atoms with Gasteiger partial charge in [-0.05, 0) is 44.2 Å². The van der Waals surface area contributed by atoms with Crippen LogP contribution in [0.1, 0.15) is 25.5 Å². The van der Waals surface area contributed by atoms with Crippen molar-refractivity contribution in [2.24, 2.45) is 0 Å². The highest BCUT2D eigenvalue weighted by atomic mass is 16.3. The predicted octanol–water partition coefficient (Wildman–Crippen LogP) is 2.23. The van der Waals surface area contributed by atoms with Crippen LogP contribution in [-0.2, 0) is 11.3 Å². The lowest BCUT2D eigenvalue weighted by molar-refractivity contribution is -0.122. The Bertz CT molecular complexity index is 589. The first kappa shape index (κ1) is 14.6. The minimum absolute atomic E-state index is 0.0138. The van der Waals surface area contributed by atoms with E-state index in [1.54, 1.807) is 0 Å². The molecule has 1 unspecified atom stereocenters. The van der Waals surface area contributed by atoms with Crippen LogP contribution < -0.4 is 5.32 Å². The van der Waals surface area contributed by atoms with Gasteiger partial charge in [0.05, 0.1) is 0 Å². The van der Waals surface area contributed by atoms with Crippen LogP contribution in [0.4, 0.5) is 0 Å². The predicted molar refractivity (Wildman–Crippen MR) is 80.6 cm³/mol. The molecule has 0 bridgehead atoms. The van der Waals surface area contributed by atoms with E-state index in [4.69, 9.17) is 5.11 Å². The standard InChI is InChI=1S/C16H22N2O2/c1-12(6-5-9-19)17-16(20)11-18-13(2)10-14-7-3-4-8-15(14)18/h3-4,7-8,10,12,19H,5-6,9,11H2,1-2H3,(H,17,20). The number of aliphatic hydroxyl groups is 1. The lowest BCUT2D eigenvalue weighted by Gasteiger charge is -2.14. The van der Waals surface area contributed by atoms with Gasteiger partial charge in [0.1, 0.15) is 6.54 Å². The molecule has 0 saturated heterocycles. The van der Waals surface area contributed by atoms with Gasteiger partial charge in [0.2, 0.25) is 5.91 Å². The van der Waals surface area contributed by atoms with E-state index in [1.165, 1.54) is 0 Å². The molecule has 0 aliphatic rings. The topological polar surface area (TPSA) is 54.3 Å². The molecular weight excluding hydrogens is 252 g/mol. The fraction of sp³-hybridized carbons (Fsp3) is 0.438. The zero-order valence-corrected chi connectivity index (χ0v) is 12.1. The summed E-state index contributed by atoms with van der Waals surface area (Å²) >= 11 is 0. The van der Waals surface area contributed by atoms with Gasteiger partial charge < -0.3 is 15.0 Å². The van der Waals surface area contributed by atoms with Gasteiger partial charge in [0.25, 0.3) is 0 Å². The normalized spacial score (nSPS) is 12.6. The molecule has 20 heavy (non-hydrogen) atoms. The van der Waals surface area contributed by atoms with Gasteiger partial charge in [0, 0.05) is 23.9 Å². The number of hydrogen-bond acceptors (Lipinski definition) is 2. The summed E-state index contributed by atoms with van der Waals surface area (Å²) in [7, 11) is 0. The van der Waals surface area contributed by atoms with E-state index in [2.05, 4.69) is 17.4 Å². The number of rotatable bonds is 6. The summed E-state index contributed by atoms with van der Waals surface area (Å²) in [5.74, 6) is 0.0138. The largest absolute Gasteiger partial charge is 0.396 e. The van der Waals surface area contributed by atoms with Gasteiger partial charge in [-0.25, -0.2) is 0 Å². The molecule has 1 aromatic heterocycles. The molecule has 2 aromatic rings. The Morgan fingerprint density at radius 2 is 2.15 bits per heavy atom. The number of aliphatic hydroxyl groups excluding tert-OH is 1.